The van der Waals surface area contributed by atoms with Crippen LogP contribution in [0.15, 0.2) is 12.1 Å². The maximum atomic E-state index is 12.3. The Balaban J connectivity index is 1.37. The number of nitrogens with zero attached hydrogens (tertiary/aromatic N) is 2. The van der Waals surface area contributed by atoms with Crippen LogP contribution in [0.5, 0.6) is 0 Å². The van der Waals surface area contributed by atoms with Crippen LogP contribution in [0.2, 0.25) is 4.34 Å². The highest BCUT2D eigenvalue weighted by Crippen LogP contribution is 2.61. The van der Waals surface area contributed by atoms with E-state index in [0.29, 0.717) is 14.3 Å². The lowest BCUT2D eigenvalue weighted by molar-refractivity contribution is -0.00555. The molecule has 4 aliphatic carbocycles. The number of nitrogens with one attached hydrogen (secondary N) is 1. The Labute approximate surface area is 153 Å². The van der Waals surface area contributed by atoms with Gasteiger partial charge in [0.15, 0.2) is 0 Å². The van der Waals surface area contributed by atoms with Gasteiger partial charge in [-0.15, -0.1) is 21.5 Å². The zero-order valence-electron chi connectivity index (χ0n) is 13.1. The molecular formula is C17H18ClN3OS2. The number of carbonyl (C=O) groups excluding carboxylic acids is 1. The molecule has 0 unspecified atom stereocenters. The minimum absolute atomic E-state index is 0.153. The monoisotopic (exact) mass is 379 g/mol. The molecule has 2 aromatic rings. The van der Waals surface area contributed by atoms with Gasteiger partial charge in [0.1, 0.15) is 5.01 Å². The van der Waals surface area contributed by atoms with Crippen molar-refractivity contribution < 1.29 is 4.79 Å². The van der Waals surface area contributed by atoms with E-state index < -0.39 is 0 Å². The summed E-state index contributed by atoms with van der Waals surface area (Å²) in [5.74, 6) is 2.49. The predicted octanol–water partition coefficient (Wildman–Crippen LogP) is 4.97. The van der Waals surface area contributed by atoms with E-state index in [0.717, 1.165) is 22.8 Å². The molecule has 4 aliphatic rings. The second-order valence-corrected chi connectivity index (χ2v) is 10.4. The van der Waals surface area contributed by atoms with E-state index in [1.54, 1.807) is 23.5 Å². The highest BCUT2D eigenvalue weighted by molar-refractivity contribution is 7.18. The average molecular weight is 380 g/mol. The molecule has 1 N–H and O–H groups in total. The molecule has 2 heterocycles. The summed E-state index contributed by atoms with van der Waals surface area (Å²) in [5.41, 5.74) is 0.238. The van der Waals surface area contributed by atoms with Crippen LogP contribution in [0, 0.1) is 17.8 Å². The number of rotatable bonds is 3. The van der Waals surface area contributed by atoms with Gasteiger partial charge >= 0.3 is 0 Å². The Kier molecular flexibility index (Phi) is 3.51. The number of halogens is 1. The topological polar surface area (TPSA) is 54.9 Å². The maximum Gasteiger partial charge on any atom is 0.267 e. The Morgan fingerprint density at radius 2 is 1.75 bits per heavy atom. The normalized spacial score (nSPS) is 33.8. The molecule has 0 atom stereocenters. The third-order valence-corrected chi connectivity index (χ3v) is 8.25. The lowest BCUT2D eigenvalue weighted by atomic mass is 9.50. The van der Waals surface area contributed by atoms with Crippen molar-refractivity contribution >= 4 is 45.3 Å². The van der Waals surface area contributed by atoms with Crippen LogP contribution >= 0.6 is 34.3 Å². The molecule has 4 bridgehead atoms. The van der Waals surface area contributed by atoms with Gasteiger partial charge in [0.05, 0.1) is 9.21 Å². The van der Waals surface area contributed by atoms with Crippen molar-refractivity contribution in [1.82, 2.24) is 10.2 Å². The molecule has 126 valence electrons. The predicted molar refractivity (Wildman–Crippen MR) is 97.0 cm³/mol. The van der Waals surface area contributed by atoms with Crippen LogP contribution in [-0.4, -0.2) is 16.1 Å². The third-order valence-electron chi connectivity index (χ3n) is 5.93. The van der Waals surface area contributed by atoms with Crippen LogP contribution in [-0.2, 0) is 5.41 Å². The van der Waals surface area contributed by atoms with Gasteiger partial charge in [0.2, 0.25) is 5.13 Å². The number of thiophene rings is 1. The Hall–Kier alpha value is -0.980. The van der Waals surface area contributed by atoms with Crippen LogP contribution < -0.4 is 5.32 Å². The van der Waals surface area contributed by atoms with Gasteiger partial charge in [0, 0.05) is 5.41 Å². The number of amides is 1. The fourth-order valence-electron chi connectivity index (χ4n) is 5.46. The quantitative estimate of drug-likeness (QED) is 0.818. The lowest BCUT2D eigenvalue weighted by Crippen LogP contribution is -2.48. The molecule has 0 aliphatic heterocycles. The summed E-state index contributed by atoms with van der Waals surface area (Å²) < 4.78 is 0.617. The van der Waals surface area contributed by atoms with Gasteiger partial charge in [0.25, 0.3) is 5.91 Å². The summed E-state index contributed by atoms with van der Waals surface area (Å²) >= 11 is 8.75. The summed E-state index contributed by atoms with van der Waals surface area (Å²) in [7, 11) is 0. The number of aromatic nitrogens is 2. The van der Waals surface area contributed by atoms with Crippen LogP contribution in [0.1, 0.15) is 53.2 Å². The van der Waals surface area contributed by atoms with Crippen LogP contribution in [0.4, 0.5) is 5.13 Å². The highest BCUT2D eigenvalue weighted by Gasteiger charge is 2.53. The second kappa shape index (κ2) is 5.51. The van der Waals surface area contributed by atoms with E-state index in [4.69, 9.17) is 11.6 Å². The number of hydrogen-bond acceptors (Lipinski definition) is 5. The molecule has 2 aromatic heterocycles. The van der Waals surface area contributed by atoms with Crippen molar-refractivity contribution in [2.75, 3.05) is 5.32 Å². The molecule has 6 rings (SSSR count). The molecule has 0 saturated heterocycles. The van der Waals surface area contributed by atoms with Gasteiger partial charge in [-0.2, -0.15) is 0 Å². The third kappa shape index (κ3) is 2.50. The summed E-state index contributed by atoms with van der Waals surface area (Å²) in [6.45, 7) is 0. The Morgan fingerprint density at radius 1 is 1.08 bits per heavy atom. The molecule has 4 fully saturated rings. The fourth-order valence-corrected chi connectivity index (χ4v) is 7.35. The minimum Gasteiger partial charge on any atom is -0.296 e. The summed E-state index contributed by atoms with van der Waals surface area (Å²) in [4.78, 5) is 12.9. The second-order valence-electron chi connectivity index (χ2n) is 7.67. The molecule has 0 radical (unpaired) electrons. The standard InChI is InChI=1S/C17H18ClN3OS2/c18-13-2-1-12(23-13)14(22)19-16-21-20-15(24-16)17-6-9-3-10(7-17)5-11(4-9)8-17/h1-2,9-11H,3-8H2,(H,19,21,22). The molecule has 4 nitrogen and oxygen atoms in total. The van der Waals surface area contributed by atoms with Gasteiger partial charge < -0.3 is 0 Å². The molecular weight excluding hydrogens is 362 g/mol. The minimum atomic E-state index is -0.153. The number of carbonyl (C=O) groups is 1. The van der Waals surface area contributed by atoms with Crippen molar-refractivity contribution in [3.8, 4) is 0 Å². The first-order chi connectivity index (χ1) is 11.6. The van der Waals surface area contributed by atoms with E-state index in [1.165, 1.54) is 49.9 Å². The summed E-state index contributed by atoms with van der Waals surface area (Å²) in [6.07, 6.45) is 8.05. The zero-order valence-corrected chi connectivity index (χ0v) is 15.5. The largest absolute Gasteiger partial charge is 0.296 e. The number of anilines is 1. The fraction of sp³-hybridized carbons (Fsp3) is 0.588. The van der Waals surface area contributed by atoms with E-state index in [-0.39, 0.29) is 11.3 Å². The van der Waals surface area contributed by atoms with Crippen LogP contribution in [0.3, 0.4) is 0 Å². The molecule has 7 heteroatoms. The first kappa shape index (κ1) is 15.3. The van der Waals surface area contributed by atoms with Crippen LogP contribution in [0.25, 0.3) is 0 Å². The molecule has 1 amide bonds. The molecule has 24 heavy (non-hydrogen) atoms. The SMILES string of the molecule is O=C(Nc1nnc(C23CC4CC(CC(C4)C2)C3)s1)c1ccc(Cl)s1. The van der Waals surface area contributed by atoms with E-state index in [1.807, 2.05) is 0 Å². The van der Waals surface area contributed by atoms with Crippen molar-refractivity contribution in [3.05, 3.63) is 26.4 Å². The average Bonchev–Trinajstić information content (AvgIpc) is 3.15. The summed E-state index contributed by atoms with van der Waals surface area (Å²) in [5, 5.41) is 13.4. The van der Waals surface area contributed by atoms with Crippen molar-refractivity contribution in [2.24, 2.45) is 17.8 Å². The lowest BCUT2D eigenvalue weighted by Gasteiger charge is -2.55. The maximum absolute atomic E-state index is 12.3. The van der Waals surface area contributed by atoms with Crippen molar-refractivity contribution in [2.45, 2.75) is 43.9 Å². The van der Waals surface area contributed by atoms with Gasteiger partial charge in [-0.05, 0) is 68.4 Å². The Bertz CT molecular complexity index is 764. The molecule has 4 saturated carbocycles. The van der Waals surface area contributed by atoms with Gasteiger partial charge in [-0.3, -0.25) is 10.1 Å². The highest BCUT2D eigenvalue weighted by atomic mass is 35.5. The van der Waals surface area contributed by atoms with E-state index in [9.17, 15) is 4.79 Å². The smallest absolute Gasteiger partial charge is 0.267 e. The van der Waals surface area contributed by atoms with Gasteiger partial charge in [-0.1, -0.05) is 22.9 Å². The number of hydrogen-bond donors (Lipinski definition) is 1. The molecule has 0 spiro atoms. The van der Waals surface area contributed by atoms with E-state index >= 15 is 0 Å². The Morgan fingerprint density at radius 3 is 2.33 bits per heavy atom. The summed E-state index contributed by atoms with van der Waals surface area (Å²) in [6, 6.07) is 3.48. The van der Waals surface area contributed by atoms with Crippen molar-refractivity contribution in [1.29, 1.82) is 0 Å². The first-order valence-corrected chi connectivity index (χ1v) is 10.5. The zero-order chi connectivity index (χ0) is 16.3. The first-order valence-electron chi connectivity index (χ1n) is 8.50. The van der Waals surface area contributed by atoms with E-state index in [2.05, 4.69) is 15.5 Å². The van der Waals surface area contributed by atoms with Crippen molar-refractivity contribution in [3.63, 3.8) is 0 Å². The van der Waals surface area contributed by atoms with Gasteiger partial charge in [-0.25, -0.2) is 0 Å². The molecule has 0 aromatic carbocycles.